The molecule has 1 atom stereocenters. The quantitative estimate of drug-likeness (QED) is 0.237. The van der Waals surface area contributed by atoms with E-state index in [-0.39, 0.29) is 17.8 Å². The number of nitrogens with one attached hydrogen (secondary N) is 2. The van der Waals surface area contributed by atoms with E-state index in [4.69, 9.17) is 5.73 Å². The van der Waals surface area contributed by atoms with Gasteiger partial charge >= 0.3 is 0 Å². The average Bonchev–Trinajstić information content (AvgIpc) is 3.40. The predicted molar refractivity (Wildman–Crippen MR) is 146 cm³/mol. The summed E-state index contributed by atoms with van der Waals surface area (Å²) < 4.78 is 13.3. The molecule has 0 fully saturated rings. The average molecular weight is 513 g/mol. The van der Waals surface area contributed by atoms with Gasteiger partial charge in [-0.05, 0) is 66.1 Å². The molecule has 0 spiro atoms. The zero-order valence-electron chi connectivity index (χ0n) is 20.1. The largest absolute Gasteiger partial charge is 0.383 e. The van der Waals surface area contributed by atoms with Gasteiger partial charge in [-0.15, -0.1) is 11.3 Å². The molecule has 0 saturated carbocycles. The molecule has 186 valence electrons. The van der Waals surface area contributed by atoms with Gasteiger partial charge in [-0.1, -0.05) is 25.1 Å². The Labute approximate surface area is 217 Å². The van der Waals surface area contributed by atoms with Crippen LogP contribution in [-0.2, 0) is 6.54 Å². The van der Waals surface area contributed by atoms with Gasteiger partial charge in [0.15, 0.2) is 0 Å². The number of rotatable bonds is 8. The zero-order chi connectivity index (χ0) is 25.8. The van der Waals surface area contributed by atoms with Crippen LogP contribution in [0.1, 0.15) is 40.2 Å². The smallest absolute Gasteiger partial charge is 0.255 e. The fourth-order valence-electron chi connectivity index (χ4n) is 4.11. The molecule has 2 aromatic carbocycles. The third-order valence-electron chi connectivity index (χ3n) is 6.08. The molecule has 0 unspecified atom stereocenters. The van der Waals surface area contributed by atoms with E-state index in [9.17, 15) is 9.18 Å². The Balaban J connectivity index is 1.29. The van der Waals surface area contributed by atoms with Crippen molar-refractivity contribution in [3.63, 3.8) is 0 Å². The first-order chi connectivity index (χ1) is 18.0. The third-order valence-corrected chi connectivity index (χ3v) is 7.21. The second-order valence-corrected chi connectivity index (χ2v) is 9.66. The second kappa shape index (κ2) is 10.7. The molecule has 5 aromatic rings. The highest BCUT2D eigenvalue weighted by atomic mass is 32.1. The van der Waals surface area contributed by atoms with Crippen LogP contribution in [0.5, 0.6) is 0 Å². The van der Waals surface area contributed by atoms with Gasteiger partial charge in [0, 0.05) is 21.3 Å². The molecule has 0 aliphatic carbocycles. The van der Waals surface area contributed by atoms with Crippen molar-refractivity contribution >= 4 is 39.8 Å². The molecule has 3 aromatic heterocycles. The van der Waals surface area contributed by atoms with Crippen LogP contribution in [0.15, 0.2) is 79.3 Å². The number of amides is 1. The van der Waals surface area contributed by atoms with Crippen LogP contribution in [0.25, 0.3) is 21.3 Å². The van der Waals surface area contributed by atoms with E-state index in [0.29, 0.717) is 30.2 Å². The van der Waals surface area contributed by atoms with Gasteiger partial charge in [0.1, 0.15) is 23.8 Å². The molecule has 5 rings (SSSR count). The number of anilines is 2. The fourth-order valence-corrected chi connectivity index (χ4v) is 5.05. The summed E-state index contributed by atoms with van der Waals surface area (Å²) in [5, 5.41) is 7.17. The van der Waals surface area contributed by atoms with Crippen molar-refractivity contribution in [1.29, 1.82) is 0 Å². The lowest BCUT2D eigenvalue weighted by molar-refractivity contribution is 0.0936. The molecule has 0 aliphatic rings. The zero-order valence-corrected chi connectivity index (χ0v) is 20.9. The Morgan fingerprint density at radius 3 is 2.70 bits per heavy atom. The van der Waals surface area contributed by atoms with Crippen molar-refractivity contribution in [2.75, 3.05) is 11.1 Å². The van der Waals surface area contributed by atoms with Crippen LogP contribution in [0, 0.1) is 5.82 Å². The van der Waals surface area contributed by atoms with Gasteiger partial charge in [-0.2, -0.15) is 0 Å². The highest BCUT2D eigenvalue weighted by Crippen LogP contribution is 2.31. The Bertz CT molecular complexity index is 1550. The van der Waals surface area contributed by atoms with E-state index in [1.54, 1.807) is 41.8 Å². The first kappa shape index (κ1) is 24.3. The van der Waals surface area contributed by atoms with Gasteiger partial charge in [0.25, 0.3) is 5.91 Å². The number of halogens is 1. The summed E-state index contributed by atoms with van der Waals surface area (Å²) in [5.74, 6) is 0.407. The number of nitrogens with two attached hydrogens (primary N) is 1. The number of hydrogen-bond acceptors (Lipinski definition) is 7. The minimum Gasteiger partial charge on any atom is -0.383 e. The summed E-state index contributed by atoms with van der Waals surface area (Å²) in [5.41, 5.74) is 9.17. The van der Waals surface area contributed by atoms with Crippen LogP contribution >= 0.6 is 11.3 Å². The number of carbonyl (C=O) groups is 1. The van der Waals surface area contributed by atoms with E-state index >= 15 is 0 Å². The van der Waals surface area contributed by atoms with Crippen molar-refractivity contribution in [2.24, 2.45) is 0 Å². The monoisotopic (exact) mass is 512 g/mol. The minimum atomic E-state index is -0.306. The normalized spacial score (nSPS) is 11.8. The molecule has 1 amide bonds. The molecule has 0 saturated heterocycles. The molecular weight excluding hydrogens is 487 g/mol. The summed E-state index contributed by atoms with van der Waals surface area (Å²) in [4.78, 5) is 28.0. The van der Waals surface area contributed by atoms with Crippen LogP contribution in [-0.4, -0.2) is 20.9 Å². The van der Waals surface area contributed by atoms with Crippen molar-refractivity contribution in [3.05, 3.63) is 101 Å². The van der Waals surface area contributed by atoms with Gasteiger partial charge in [0.2, 0.25) is 0 Å². The maximum Gasteiger partial charge on any atom is 0.255 e. The maximum absolute atomic E-state index is 13.3. The molecular formula is C28H25FN6OS. The molecule has 3 heterocycles. The van der Waals surface area contributed by atoms with Crippen molar-refractivity contribution in [1.82, 2.24) is 20.3 Å². The van der Waals surface area contributed by atoms with Crippen LogP contribution in [0.3, 0.4) is 0 Å². The Morgan fingerprint density at radius 2 is 1.89 bits per heavy atom. The van der Waals surface area contributed by atoms with E-state index in [1.807, 2.05) is 31.2 Å². The summed E-state index contributed by atoms with van der Waals surface area (Å²) in [7, 11) is 0. The number of benzene rings is 2. The molecule has 0 radical (unpaired) electrons. The van der Waals surface area contributed by atoms with E-state index in [1.165, 1.54) is 18.5 Å². The Morgan fingerprint density at radius 1 is 1.05 bits per heavy atom. The molecule has 4 N–H and O–H groups in total. The number of nitrogen functional groups attached to an aromatic ring is 1. The number of fused-ring (bicyclic) bond motifs is 1. The first-order valence-electron chi connectivity index (χ1n) is 11.9. The standard InChI is InChI=1S/C28H25FN6OS/c1-2-23(17-5-8-19(29)9-6-17)35-28(36)21-4-3-13-31-27(21)32-15-20-10-12-25(37-20)18-7-11-24-22(14-18)26(30)34-16-33-24/h3-14,16,23H,2,15H2,1H3,(H,31,32)(H,35,36)(H2,30,33,34)/t23-/m0/s1. The number of hydrogen-bond donors (Lipinski definition) is 3. The fraction of sp³-hybridized carbons (Fsp3) is 0.143. The van der Waals surface area contributed by atoms with E-state index in [2.05, 4.69) is 31.7 Å². The minimum absolute atomic E-state index is 0.234. The molecule has 9 heteroatoms. The lowest BCUT2D eigenvalue weighted by Crippen LogP contribution is -2.29. The predicted octanol–water partition coefficient (Wildman–Crippen LogP) is 5.97. The Kier molecular flexibility index (Phi) is 7.04. The van der Waals surface area contributed by atoms with Gasteiger partial charge in [-0.25, -0.2) is 19.3 Å². The summed E-state index contributed by atoms with van der Waals surface area (Å²) in [6.45, 7) is 2.48. The second-order valence-electron chi connectivity index (χ2n) is 8.50. The number of thiophene rings is 1. The third kappa shape index (κ3) is 5.41. The number of pyridine rings is 1. The first-order valence-corrected chi connectivity index (χ1v) is 12.7. The van der Waals surface area contributed by atoms with Crippen molar-refractivity contribution in [3.8, 4) is 10.4 Å². The Hall–Kier alpha value is -4.37. The van der Waals surface area contributed by atoms with E-state index < -0.39 is 0 Å². The SMILES string of the molecule is CC[C@H](NC(=O)c1cccnc1NCc1ccc(-c2ccc3ncnc(N)c3c2)s1)c1ccc(F)cc1. The highest BCUT2D eigenvalue weighted by Gasteiger charge is 2.18. The van der Waals surface area contributed by atoms with E-state index in [0.717, 1.165) is 31.8 Å². The topological polar surface area (TPSA) is 106 Å². The lowest BCUT2D eigenvalue weighted by Gasteiger charge is -2.18. The molecule has 0 aliphatic heterocycles. The van der Waals surface area contributed by atoms with Crippen LogP contribution < -0.4 is 16.4 Å². The van der Waals surface area contributed by atoms with Gasteiger partial charge in [0.05, 0.1) is 23.7 Å². The maximum atomic E-state index is 13.3. The number of nitrogens with zero attached hydrogens (tertiary/aromatic N) is 3. The van der Waals surface area contributed by atoms with Crippen molar-refractivity contribution < 1.29 is 9.18 Å². The van der Waals surface area contributed by atoms with Crippen LogP contribution in [0.4, 0.5) is 16.0 Å². The molecule has 7 nitrogen and oxygen atoms in total. The summed E-state index contributed by atoms with van der Waals surface area (Å²) >= 11 is 1.64. The van der Waals surface area contributed by atoms with Gasteiger partial charge in [-0.3, -0.25) is 4.79 Å². The summed E-state index contributed by atoms with van der Waals surface area (Å²) in [6, 6.07) is 19.5. The molecule has 0 bridgehead atoms. The van der Waals surface area contributed by atoms with Gasteiger partial charge < -0.3 is 16.4 Å². The molecule has 37 heavy (non-hydrogen) atoms. The number of carbonyl (C=O) groups excluding carboxylic acids is 1. The van der Waals surface area contributed by atoms with Crippen LogP contribution in [0.2, 0.25) is 0 Å². The number of aromatic nitrogens is 3. The lowest BCUT2D eigenvalue weighted by atomic mass is 10.0. The summed E-state index contributed by atoms with van der Waals surface area (Å²) in [6.07, 6.45) is 3.78. The van der Waals surface area contributed by atoms with Crippen molar-refractivity contribution in [2.45, 2.75) is 25.9 Å². The highest BCUT2D eigenvalue weighted by molar-refractivity contribution is 7.15.